The van der Waals surface area contributed by atoms with E-state index in [4.69, 9.17) is 0 Å². The fraction of sp³-hybridized carbons (Fsp3) is 1.00. The molecule has 0 amide bonds. The lowest BCUT2D eigenvalue weighted by Gasteiger charge is -2.24. The minimum atomic E-state index is 0.813. The Labute approximate surface area is 108 Å². The SMILES string of the molecule is CCC(CC1CC1)NCC1CCCCCCC1. The van der Waals surface area contributed by atoms with Crippen molar-refractivity contribution in [2.45, 2.75) is 83.6 Å². The Morgan fingerprint density at radius 3 is 2.12 bits per heavy atom. The van der Waals surface area contributed by atoms with E-state index >= 15 is 0 Å². The van der Waals surface area contributed by atoms with Gasteiger partial charge in [0.05, 0.1) is 0 Å². The van der Waals surface area contributed by atoms with Gasteiger partial charge in [-0.2, -0.15) is 0 Å². The topological polar surface area (TPSA) is 12.0 Å². The largest absolute Gasteiger partial charge is 0.314 e. The Bertz CT molecular complexity index is 190. The Hall–Kier alpha value is -0.0400. The average Bonchev–Trinajstić information content (AvgIpc) is 3.09. The van der Waals surface area contributed by atoms with Crippen LogP contribution in [0.2, 0.25) is 0 Å². The molecule has 2 rings (SSSR count). The Morgan fingerprint density at radius 2 is 1.53 bits per heavy atom. The third kappa shape index (κ3) is 5.42. The smallest absolute Gasteiger partial charge is 0.00671 e. The fourth-order valence-electron chi connectivity index (χ4n) is 3.23. The highest BCUT2D eigenvalue weighted by molar-refractivity contribution is 4.80. The van der Waals surface area contributed by atoms with Gasteiger partial charge in [-0.05, 0) is 44.1 Å². The number of rotatable bonds is 6. The molecule has 0 bridgehead atoms. The lowest BCUT2D eigenvalue weighted by Crippen LogP contribution is -2.33. The molecule has 1 N–H and O–H groups in total. The van der Waals surface area contributed by atoms with Crippen LogP contribution in [0.4, 0.5) is 0 Å². The molecule has 1 unspecified atom stereocenters. The van der Waals surface area contributed by atoms with E-state index in [0.717, 1.165) is 17.9 Å². The Kier molecular flexibility index (Phi) is 5.84. The van der Waals surface area contributed by atoms with E-state index in [1.165, 1.54) is 77.2 Å². The van der Waals surface area contributed by atoms with Crippen molar-refractivity contribution in [3.63, 3.8) is 0 Å². The van der Waals surface area contributed by atoms with Gasteiger partial charge in [0.1, 0.15) is 0 Å². The number of hydrogen-bond acceptors (Lipinski definition) is 1. The monoisotopic (exact) mass is 237 g/mol. The summed E-state index contributed by atoms with van der Waals surface area (Å²) >= 11 is 0. The molecule has 1 heteroatoms. The van der Waals surface area contributed by atoms with Gasteiger partial charge in [-0.1, -0.05) is 51.9 Å². The minimum Gasteiger partial charge on any atom is -0.314 e. The lowest BCUT2D eigenvalue weighted by molar-refractivity contribution is 0.332. The van der Waals surface area contributed by atoms with E-state index in [-0.39, 0.29) is 0 Å². The van der Waals surface area contributed by atoms with Crippen molar-refractivity contribution < 1.29 is 0 Å². The standard InChI is InChI=1S/C16H31N/c1-2-16(12-14-10-11-14)17-13-15-8-6-4-3-5-7-9-15/h14-17H,2-13H2,1H3. The summed E-state index contributed by atoms with van der Waals surface area (Å²) in [7, 11) is 0. The molecule has 2 saturated carbocycles. The zero-order chi connectivity index (χ0) is 11.9. The molecular formula is C16H31N. The number of hydrogen-bond donors (Lipinski definition) is 1. The zero-order valence-corrected chi connectivity index (χ0v) is 11.7. The van der Waals surface area contributed by atoms with Gasteiger partial charge in [0, 0.05) is 6.04 Å². The van der Waals surface area contributed by atoms with Crippen LogP contribution in [0.5, 0.6) is 0 Å². The maximum Gasteiger partial charge on any atom is 0.00671 e. The molecule has 2 aliphatic rings. The summed E-state index contributed by atoms with van der Waals surface area (Å²) < 4.78 is 0. The summed E-state index contributed by atoms with van der Waals surface area (Å²) in [5.41, 5.74) is 0. The van der Waals surface area contributed by atoms with Crippen LogP contribution in [-0.4, -0.2) is 12.6 Å². The first-order chi connectivity index (χ1) is 8.38. The van der Waals surface area contributed by atoms with Crippen LogP contribution in [0.25, 0.3) is 0 Å². The molecule has 2 fully saturated rings. The van der Waals surface area contributed by atoms with Crippen molar-refractivity contribution in [2.24, 2.45) is 11.8 Å². The van der Waals surface area contributed by atoms with E-state index in [9.17, 15) is 0 Å². The van der Waals surface area contributed by atoms with Crippen molar-refractivity contribution in [2.75, 3.05) is 6.54 Å². The first-order valence-electron chi connectivity index (χ1n) is 8.12. The van der Waals surface area contributed by atoms with Gasteiger partial charge in [-0.3, -0.25) is 0 Å². The summed E-state index contributed by atoms with van der Waals surface area (Å²) in [5.74, 6) is 2.05. The molecule has 0 aromatic rings. The van der Waals surface area contributed by atoms with Crippen molar-refractivity contribution >= 4 is 0 Å². The summed E-state index contributed by atoms with van der Waals surface area (Å²) in [4.78, 5) is 0. The van der Waals surface area contributed by atoms with Crippen molar-refractivity contribution in [3.05, 3.63) is 0 Å². The van der Waals surface area contributed by atoms with Gasteiger partial charge in [-0.25, -0.2) is 0 Å². The number of nitrogens with one attached hydrogen (secondary N) is 1. The molecule has 0 saturated heterocycles. The second kappa shape index (κ2) is 7.41. The van der Waals surface area contributed by atoms with E-state index in [1.54, 1.807) is 0 Å². The maximum absolute atomic E-state index is 3.86. The van der Waals surface area contributed by atoms with Crippen molar-refractivity contribution in [1.29, 1.82) is 0 Å². The highest BCUT2D eigenvalue weighted by Crippen LogP contribution is 2.34. The summed E-state index contributed by atoms with van der Waals surface area (Å²) in [6.07, 6.45) is 16.1. The highest BCUT2D eigenvalue weighted by Gasteiger charge is 2.24. The second-order valence-corrected chi connectivity index (χ2v) is 6.40. The normalized spacial score (nSPS) is 25.2. The molecular weight excluding hydrogens is 206 g/mol. The van der Waals surface area contributed by atoms with Crippen LogP contribution in [-0.2, 0) is 0 Å². The first kappa shape index (κ1) is 13.4. The van der Waals surface area contributed by atoms with Crippen LogP contribution in [0.15, 0.2) is 0 Å². The van der Waals surface area contributed by atoms with E-state index < -0.39 is 0 Å². The predicted molar refractivity (Wildman–Crippen MR) is 75.2 cm³/mol. The molecule has 0 heterocycles. The Morgan fingerprint density at radius 1 is 0.882 bits per heavy atom. The molecule has 0 aromatic heterocycles. The summed E-state index contributed by atoms with van der Waals surface area (Å²) in [5, 5.41) is 3.86. The third-order valence-corrected chi connectivity index (χ3v) is 4.73. The van der Waals surface area contributed by atoms with Gasteiger partial charge in [0.2, 0.25) is 0 Å². The quantitative estimate of drug-likeness (QED) is 0.716. The van der Waals surface area contributed by atoms with E-state index in [2.05, 4.69) is 12.2 Å². The molecule has 1 atom stereocenters. The van der Waals surface area contributed by atoms with Crippen LogP contribution in [0.1, 0.15) is 77.6 Å². The molecule has 0 spiro atoms. The zero-order valence-electron chi connectivity index (χ0n) is 11.7. The van der Waals surface area contributed by atoms with Crippen LogP contribution >= 0.6 is 0 Å². The second-order valence-electron chi connectivity index (χ2n) is 6.40. The van der Waals surface area contributed by atoms with Crippen molar-refractivity contribution in [3.8, 4) is 0 Å². The van der Waals surface area contributed by atoms with Crippen LogP contribution < -0.4 is 5.32 Å². The molecule has 1 nitrogen and oxygen atoms in total. The van der Waals surface area contributed by atoms with E-state index in [0.29, 0.717) is 0 Å². The van der Waals surface area contributed by atoms with Gasteiger partial charge >= 0.3 is 0 Å². The fourth-order valence-corrected chi connectivity index (χ4v) is 3.23. The third-order valence-electron chi connectivity index (χ3n) is 4.73. The predicted octanol–water partition coefficient (Wildman–Crippen LogP) is 4.52. The molecule has 17 heavy (non-hydrogen) atoms. The van der Waals surface area contributed by atoms with Gasteiger partial charge in [-0.15, -0.1) is 0 Å². The van der Waals surface area contributed by atoms with Crippen LogP contribution in [0, 0.1) is 11.8 Å². The maximum atomic E-state index is 3.86. The summed E-state index contributed by atoms with van der Waals surface area (Å²) in [6.45, 7) is 3.64. The molecule has 0 aromatic carbocycles. The lowest BCUT2D eigenvalue weighted by atomic mass is 9.91. The summed E-state index contributed by atoms with van der Waals surface area (Å²) in [6, 6.07) is 0.813. The van der Waals surface area contributed by atoms with Gasteiger partial charge in [0.25, 0.3) is 0 Å². The van der Waals surface area contributed by atoms with Crippen molar-refractivity contribution in [1.82, 2.24) is 5.32 Å². The first-order valence-corrected chi connectivity index (χ1v) is 8.12. The van der Waals surface area contributed by atoms with Crippen LogP contribution in [0.3, 0.4) is 0 Å². The molecule has 0 radical (unpaired) electrons. The minimum absolute atomic E-state index is 0.813. The molecule has 0 aliphatic heterocycles. The van der Waals surface area contributed by atoms with E-state index in [1.807, 2.05) is 0 Å². The average molecular weight is 237 g/mol. The Balaban J connectivity index is 1.63. The van der Waals surface area contributed by atoms with Gasteiger partial charge in [0.15, 0.2) is 0 Å². The molecule has 2 aliphatic carbocycles. The highest BCUT2D eigenvalue weighted by atomic mass is 14.9. The van der Waals surface area contributed by atoms with Gasteiger partial charge < -0.3 is 5.32 Å². The molecule has 100 valence electrons.